The summed E-state index contributed by atoms with van der Waals surface area (Å²) in [5.41, 5.74) is 0.999. The van der Waals surface area contributed by atoms with Gasteiger partial charge in [-0.2, -0.15) is 0 Å². The van der Waals surface area contributed by atoms with Gasteiger partial charge >= 0.3 is 0 Å². The normalized spacial score (nSPS) is 18.4. The Bertz CT molecular complexity index is 1280. The van der Waals surface area contributed by atoms with E-state index < -0.39 is 23.5 Å². The van der Waals surface area contributed by atoms with E-state index in [-0.39, 0.29) is 30.5 Å². The molecule has 9 heteroatoms. The van der Waals surface area contributed by atoms with Crippen LogP contribution in [0, 0.1) is 5.82 Å². The van der Waals surface area contributed by atoms with Gasteiger partial charge in [0.2, 0.25) is 11.8 Å². The molecule has 2 aromatic carbocycles. The van der Waals surface area contributed by atoms with Crippen LogP contribution < -0.4 is 5.32 Å². The number of hydrogen-bond donors (Lipinski definition) is 1. The molecule has 3 heterocycles. The summed E-state index contributed by atoms with van der Waals surface area (Å²) in [7, 11) is 0. The topological polar surface area (TPSA) is 91.8 Å². The molecule has 8 nitrogen and oxygen atoms in total. The van der Waals surface area contributed by atoms with Gasteiger partial charge in [0.15, 0.2) is 0 Å². The number of pyridine rings is 1. The van der Waals surface area contributed by atoms with Gasteiger partial charge in [0.25, 0.3) is 5.91 Å². The van der Waals surface area contributed by atoms with Crippen molar-refractivity contribution in [3.63, 3.8) is 0 Å². The van der Waals surface area contributed by atoms with Crippen LogP contribution in [0.15, 0.2) is 79.1 Å². The van der Waals surface area contributed by atoms with Crippen LogP contribution in [-0.2, 0) is 27.3 Å². The monoisotopic (exact) mass is 516 g/mol. The van der Waals surface area contributed by atoms with Crippen molar-refractivity contribution in [3.8, 4) is 0 Å². The lowest BCUT2D eigenvalue weighted by Crippen LogP contribution is -2.59. The van der Waals surface area contributed by atoms with Crippen molar-refractivity contribution < 1.29 is 23.5 Å². The van der Waals surface area contributed by atoms with Crippen LogP contribution in [0.1, 0.15) is 34.3 Å². The van der Waals surface area contributed by atoms with Gasteiger partial charge in [-0.1, -0.05) is 36.4 Å². The van der Waals surface area contributed by atoms with Gasteiger partial charge in [-0.15, -0.1) is 0 Å². The molecule has 2 saturated heterocycles. The van der Waals surface area contributed by atoms with E-state index in [9.17, 15) is 18.8 Å². The number of nitrogens with zero attached hydrogens (tertiary/aromatic N) is 3. The van der Waals surface area contributed by atoms with Crippen LogP contribution >= 0.6 is 0 Å². The number of benzene rings is 2. The Morgan fingerprint density at radius 3 is 2.37 bits per heavy atom. The van der Waals surface area contributed by atoms with Gasteiger partial charge in [0.1, 0.15) is 17.6 Å². The number of rotatable bonds is 6. The second kappa shape index (κ2) is 11.1. The van der Waals surface area contributed by atoms with Crippen molar-refractivity contribution >= 4 is 17.7 Å². The number of carbonyl (C=O) groups excluding carboxylic acids is 3. The number of halogens is 1. The number of carbonyl (C=O) groups is 3. The first-order valence-electron chi connectivity index (χ1n) is 12.7. The Kier molecular flexibility index (Phi) is 7.46. The van der Waals surface area contributed by atoms with Crippen LogP contribution in [0.2, 0.25) is 0 Å². The summed E-state index contributed by atoms with van der Waals surface area (Å²) in [6, 6.07) is 17.6. The zero-order valence-electron chi connectivity index (χ0n) is 20.9. The average molecular weight is 517 g/mol. The highest BCUT2D eigenvalue weighted by molar-refractivity contribution is 5.98. The summed E-state index contributed by atoms with van der Waals surface area (Å²) in [6.07, 6.45) is 4.35. The first-order valence-corrected chi connectivity index (χ1v) is 12.7. The molecule has 0 bridgehead atoms. The predicted molar refractivity (Wildman–Crippen MR) is 137 cm³/mol. The molecule has 0 saturated carbocycles. The van der Waals surface area contributed by atoms with E-state index in [4.69, 9.17) is 4.74 Å². The third kappa shape index (κ3) is 5.43. The minimum absolute atomic E-state index is 0.00576. The predicted octanol–water partition coefficient (Wildman–Crippen LogP) is 2.94. The first kappa shape index (κ1) is 25.5. The first-order chi connectivity index (χ1) is 18.4. The van der Waals surface area contributed by atoms with Crippen molar-refractivity contribution in [2.24, 2.45) is 0 Å². The molecule has 196 valence electrons. The number of aromatic nitrogens is 1. The van der Waals surface area contributed by atoms with Gasteiger partial charge in [-0.3, -0.25) is 24.3 Å². The van der Waals surface area contributed by atoms with Crippen molar-refractivity contribution in [1.82, 2.24) is 20.1 Å². The molecule has 0 aliphatic carbocycles. The molecule has 0 radical (unpaired) electrons. The second-order valence-electron chi connectivity index (χ2n) is 9.58. The number of hydrogen-bond acceptors (Lipinski definition) is 5. The maximum atomic E-state index is 13.7. The van der Waals surface area contributed by atoms with E-state index in [1.165, 1.54) is 29.2 Å². The molecule has 38 heavy (non-hydrogen) atoms. The third-order valence-corrected chi connectivity index (χ3v) is 7.16. The standard InChI is InChI=1S/C29H29FN4O4/c30-24-10-8-23(9-11-24)28(37)34-25(27(36)32-19-22-7-4-14-31-18-22)20-38-29(34)12-15-33(16-13-29)26(35)17-21-5-2-1-3-6-21/h1-11,14,18,25H,12-13,15-17,19-20H2,(H,32,36). The Hall–Kier alpha value is -4.11. The van der Waals surface area contributed by atoms with E-state index in [0.29, 0.717) is 32.4 Å². The summed E-state index contributed by atoms with van der Waals surface area (Å²) in [4.78, 5) is 47.3. The molecular formula is C29H29FN4O4. The highest BCUT2D eigenvalue weighted by atomic mass is 19.1. The lowest BCUT2D eigenvalue weighted by molar-refractivity contribution is -0.143. The lowest BCUT2D eigenvalue weighted by atomic mass is 9.96. The smallest absolute Gasteiger partial charge is 0.256 e. The fourth-order valence-corrected chi connectivity index (χ4v) is 5.10. The summed E-state index contributed by atoms with van der Waals surface area (Å²) in [5, 5.41) is 2.89. The van der Waals surface area contributed by atoms with Crippen LogP contribution in [0.4, 0.5) is 4.39 Å². The molecule has 1 aromatic heterocycles. The molecule has 3 aromatic rings. The summed E-state index contributed by atoms with van der Waals surface area (Å²) < 4.78 is 19.8. The highest BCUT2D eigenvalue weighted by Crippen LogP contribution is 2.38. The molecule has 2 fully saturated rings. The molecule has 2 aliphatic heterocycles. The van der Waals surface area contributed by atoms with Crippen molar-refractivity contribution in [2.45, 2.75) is 37.6 Å². The number of amides is 3. The van der Waals surface area contributed by atoms with Crippen LogP contribution in [-0.4, -0.2) is 64.0 Å². The molecule has 2 aliphatic rings. The van der Waals surface area contributed by atoms with E-state index in [2.05, 4.69) is 10.3 Å². The number of nitrogens with one attached hydrogen (secondary N) is 1. The van der Waals surface area contributed by atoms with Gasteiger partial charge in [-0.25, -0.2) is 4.39 Å². The average Bonchev–Trinajstić information content (AvgIpc) is 3.31. The molecule has 1 spiro atoms. The zero-order valence-corrected chi connectivity index (χ0v) is 20.9. The molecule has 1 atom stereocenters. The minimum atomic E-state index is -1.04. The number of ether oxygens (including phenoxy) is 1. The van der Waals surface area contributed by atoms with Crippen molar-refractivity contribution in [1.29, 1.82) is 0 Å². The summed E-state index contributed by atoms with van der Waals surface area (Å²) in [5.74, 6) is -1.20. The zero-order chi connectivity index (χ0) is 26.5. The maximum Gasteiger partial charge on any atom is 0.256 e. The fraction of sp³-hybridized carbons (Fsp3) is 0.310. The van der Waals surface area contributed by atoms with Crippen LogP contribution in [0.3, 0.4) is 0 Å². The number of piperidine rings is 1. The van der Waals surface area contributed by atoms with Crippen molar-refractivity contribution in [3.05, 3.63) is 102 Å². The minimum Gasteiger partial charge on any atom is -0.353 e. The molecule has 1 N–H and O–H groups in total. The van der Waals surface area contributed by atoms with E-state index in [0.717, 1.165) is 11.1 Å². The fourth-order valence-electron chi connectivity index (χ4n) is 5.10. The summed E-state index contributed by atoms with van der Waals surface area (Å²) >= 11 is 0. The SMILES string of the molecule is O=C(NCc1cccnc1)C1COC2(CCN(C(=O)Cc3ccccc3)CC2)N1C(=O)c1ccc(F)cc1. The molecule has 1 unspecified atom stereocenters. The van der Waals surface area contributed by atoms with Gasteiger partial charge in [0, 0.05) is 50.4 Å². The van der Waals surface area contributed by atoms with Gasteiger partial charge < -0.3 is 15.0 Å². The molecule has 3 amide bonds. The van der Waals surface area contributed by atoms with Gasteiger partial charge in [-0.05, 0) is 41.5 Å². The Morgan fingerprint density at radius 1 is 0.974 bits per heavy atom. The van der Waals surface area contributed by atoms with Crippen LogP contribution in [0.5, 0.6) is 0 Å². The van der Waals surface area contributed by atoms with Crippen LogP contribution in [0.25, 0.3) is 0 Å². The quantitative estimate of drug-likeness (QED) is 0.544. The molecule has 5 rings (SSSR count). The lowest BCUT2D eigenvalue weighted by Gasteiger charge is -2.44. The largest absolute Gasteiger partial charge is 0.353 e. The Balaban J connectivity index is 1.33. The molecular weight excluding hydrogens is 487 g/mol. The van der Waals surface area contributed by atoms with E-state index >= 15 is 0 Å². The van der Waals surface area contributed by atoms with Gasteiger partial charge in [0.05, 0.1) is 13.0 Å². The van der Waals surface area contributed by atoms with E-state index in [1.807, 2.05) is 36.4 Å². The second-order valence-corrected chi connectivity index (χ2v) is 9.58. The Morgan fingerprint density at radius 2 is 1.68 bits per heavy atom. The third-order valence-electron chi connectivity index (χ3n) is 7.16. The highest BCUT2D eigenvalue weighted by Gasteiger charge is 2.54. The maximum absolute atomic E-state index is 13.7. The summed E-state index contributed by atoms with van der Waals surface area (Å²) in [6.45, 7) is 1.08. The number of likely N-dealkylation sites (tertiary alicyclic amines) is 1. The van der Waals surface area contributed by atoms with Crippen molar-refractivity contribution in [2.75, 3.05) is 19.7 Å². The Labute approximate surface area is 220 Å². The van der Waals surface area contributed by atoms with E-state index in [1.54, 1.807) is 23.4 Å².